The van der Waals surface area contributed by atoms with E-state index in [-0.39, 0.29) is 0 Å². The molecule has 1 fully saturated rings. The van der Waals surface area contributed by atoms with Gasteiger partial charge in [-0.05, 0) is 31.2 Å². The molecule has 0 aromatic carbocycles. The average Bonchev–Trinajstić information content (AvgIpc) is 3.09. The Bertz CT molecular complexity index is 561. The minimum absolute atomic E-state index is 0.501. The summed E-state index contributed by atoms with van der Waals surface area (Å²) in [5.41, 5.74) is 2.58. The van der Waals surface area contributed by atoms with Crippen LogP contribution in [0, 0.1) is 0 Å². The van der Waals surface area contributed by atoms with Crippen molar-refractivity contribution in [2.75, 3.05) is 16.9 Å². The summed E-state index contributed by atoms with van der Waals surface area (Å²) in [5, 5.41) is 3.20. The molecule has 0 amide bonds. The van der Waals surface area contributed by atoms with Crippen molar-refractivity contribution >= 4 is 33.3 Å². The number of hydrogen-bond donors (Lipinski definition) is 2. The molecule has 1 aliphatic carbocycles. The highest BCUT2D eigenvalue weighted by Crippen LogP contribution is 2.33. The lowest BCUT2D eigenvalue weighted by atomic mass is 10.2. The van der Waals surface area contributed by atoms with E-state index >= 15 is 0 Å². The normalized spacial score (nSPS) is 16.1. The van der Waals surface area contributed by atoms with Crippen LogP contribution in [0.15, 0.2) is 11.4 Å². The molecule has 1 aliphatic rings. The molecule has 0 atom stereocenters. The molecule has 0 saturated heterocycles. The molecule has 0 aliphatic heterocycles. The van der Waals surface area contributed by atoms with Gasteiger partial charge in [-0.15, -0.1) is 11.3 Å². The summed E-state index contributed by atoms with van der Waals surface area (Å²) in [4.78, 5) is 12.4. The molecule has 6 heteroatoms. The number of hydrogen-bond acceptors (Lipinski definition) is 6. The molecule has 102 valence electrons. The molecule has 2 heterocycles. The Kier molecular flexibility index (Phi) is 3.52. The number of nitrogens with two attached hydrogens (primary N) is 1. The first-order valence-corrected chi connectivity index (χ1v) is 7.70. The summed E-state index contributed by atoms with van der Waals surface area (Å²) in [6, 6.07) is 2.71. The van der Waals surface area contributed by atoms with Crippen molar-refractivity contribution in [3.63, 3.8) is 0 Å². The monoisotopic (exact) mass is 277 g/mol. The maximum atomic E-state index is 5.48. The van der Waals surface area contributed by atoms with Crippen LogP contribution in [0.2, 0.25) is 0 Å². The van der Waals surface area contributed by atoms with E-state index in [2.05, 4.69) is 38.7 Å². The third-order valence-corrected chi connectivity index (χ3v) is 4.62. The van der Waals surface area contributed by atoms with Gasteiger partial charge in [-0.1, -0.05) is 12.8 Å². The highest BCUT2D eigenvalue weighted by molar-refractivity contribution is 7.16. The molecule has 0 spiro atoms. The van der Waals surface area contributed by atoms with E-state index in [4.69, 9.17) is 5.84 Å². The van der Waals surface area contributed by atoms with Crippen LogP contribution in [-0.4, -0.2) is 22.6 Å². The standard InChI is InChI=1S/C13H19N5S/c1-2-18(9-5-3-4-6-9)11-10-7-8-19-12(10)16-13(15-11)17-14/h7-9H,2-6,14H2,1H3,(H,15,16,17). The number of fused-ring (bicyclic) bond motifs is 1. The molecule has 19 heavy (non-hydrogen) atoms. The summed E-state index contributed by atoms with van der Waals surface area (Å²) in [7, 11) is 0. The van der Waals surface area contributed by atoms with E-state index < -0.39 is 0 Å². The van der Waals surface area contributed by atoms with Gasteiger partial charge in [0.1, 0.15) is 10.6 Å². The lowest BCUT2D eigenvalue weighted by Crippen LogP contribution is -2.34. The maximum absolute atomic E-state index is 5.48. The number of nitrogens with zero attached hydrogens (tertiary/aromatic N) is 3. The number of thiophene rings is 1. The Morgan fingerprint density at radius 2 is 2.21 bits per heavy atom. The minimum atomic E-state index is 0.501. The van der Waals surface area contributed by atoms with Gasteiger partial charge in [0.15, 0.2) is 0 Å². The van der Waals surface area contributed by atoms with Gasteiger partial charge in [-0.3, -0.25) is 5.43 Å². The number of nitrogen functional groups attached to an aromatic ring is 1. The third-order valence-electron chi connectivity index (χ3n) is 3.81. The van der Waals surface area contributed by atoms with Crippen molar-refractivity contribution in [3.8, 4) is 0 Å². The van der Waals surface area contributed by atoms with Gasteiger partial charge in [-0.25, -0.2) is 10.8 Å². The zero-order valence-electron chi connectivity index (χ0n) is 11.1. The first kappa shape index (κ1) is 12.6. The van der Waals surface area contributed by atoms with Crippen LogP contribution in [0.5, 0.6) is 0 Å². The van der Waals surface area contributed by atoms with Crippen LogP contribution in [0.1, 0.15) is 32.6 Å². The molecule has 3 rings (SSSR count). The van der Waals surface area contributed by atoms with Crippen molar-refractivity contribution < 1.29 is 0 Å². The van der Waals surface area contributed by atoms with E-state index in [0.29, 0.717) is 12.0 Å². The lowest BCUT2D eigenvalue weighted by Gasteiger charge is -2.29. The molecule has 0 bridgehead atoms. The molecular formula is C13H19N5S. The fourth-order valence-corrected chi connectivity index (χ4v) is 3.68. The van der Waals surface area contributed by atoms with E-state index in [1.807, 2.05) is 0 Å². The molecule has 0 unspecified atom stereocenters. The summed E-state index contributed by atoms with van der Waals surface area (Å²) >= 11 is 1.63. The predicted molar refractivity (Wildman–Crippen MR) is 80.5 cm³/mol. The second-order valence-electron chi connectivity index (χ2n) is 4.88. The van der Waals surface area contributed by atoms with Gasteiger partial charge < -0.3 is 4.90 Å². The topological polar surface area (TPSA) is 67.1 Å². The fourth-order valence-electron chi connectivity index (χ4n) is 2.92. The average molecular weight is 277 g/mol. The summed E-state index contributed by atoms with van der Waals surface area (Å²) in [6.07, 6.45) is 5.16. The first-order chi connectivity index (χ1) is 9.33. The Morgan fingerprint density at radius 1 is 1.42 bits per heavy atom. The summed E-state index contributed by atoms with van der Waals surface area (Å²) < 4.78 is 0. The van der Waals surface area contributed by atoms with Crippen LogP contribution >= 0.6 is 11.3 Å². The fraction of sp³-hybridized carbons (Fsp3) is 0.538. The zero-order chi connectivity index (χ0) is 13.2. The molecule has 2 aromatic heterocycles. The van der Waals surface area contributed by atoms with E-state index in [0.717, 1.165) is 22.6 Å². The quantitative estimate of drug-likeness (QED) is 0.664. The number of nitrogens with one attached hydrogen (secondary N) is 1. The SMILES string of the molecule is CCN(c1nc(NN)nc2sccc12)C1CCCC1. The predicted octanol–water partition coefficient (Wildman–Crippen LogP) is 2.75. The van der Waals surface area contributed by atoms with Crippen molar-refractivity contribution in [2.45, 2.75) is 38.6 Å². The van der Waals surface area contributed by atoms with Gasteiger partial charge in [-0.2, -0.15) is 4.98 Å². The summed E-state index contributed by atoms with van der Waals surface area (Å²) in [5.74, 6) is 7.01. The smallest absolute Gasteiger partial charge is 0.240 e. The van der Waals surface area contributed by atoms with Crippen LogP contribution < -0.4 is 16.2 Å². The first-order valence-electron chi connectivity index (χ1n) is 6.82. The second-order valence-corrected chi connectivity index (χ2v) is 5.77. The van der Waals surface area contributed by atoms with E-state index in [9.17, 15) is 0 Å². The molecule has 2 aromatic rings. The van der Waals surface area contributed by atoms with Gasteiger partial charge in [0.2, 0.25) is 5.95 Å². The Balaban J connectivity index is 2.07. The second kappa shape index (κ2) is 5.30. The number of aromatic nitrogens is 2. The maximum Gasteiger partial charge on any atom is 0.240 e. The number of hydrazine groups is 1. The van der Waals surface area contributed by atoms with Crippen LogP contribution in [-0.2, 0) is 0 Å². The zero-order valence-corrected chi connectivity index (χ0v) is 11.9. The van der Waals surface area contributed by atoms with Gasteiger partial charge >= 0.3 is 0 Å². The van der Waals surface area contributed by atoms with Gasteiger partial charge in [0.25, 0.3) is 0 Å². The number of anilines is 2. The van der Waals surface area contributed by atoms with E-state index in [1.54, 1.807) is 11.3 Å². The van der Waals surface area contributed by atoms with Gasteiger partial charge in [0, 0.05) is 12.6 Å². The Hall–Kier alpha value is -1.40. The molecule has 3 N–H and O–H groups in total. The van der Waals surface area contributed by atoms with Crippen LogP contribution in [0.4, 0.5) is 11.8 Å². The Morgan fingerprint density at radius 3 is 2.89 bits per heavy atom. The Labute approximate surface area is 116 Å². The third kappa shape index (κ3) is 2.26. The van der Waals surface area contributed by atoms with Crippen molar-refractivity contribution in [3.05, 3.63) is 11.4 Å². The molecule has 5 nitrogen and oxygen atoms in total. The molecule has 1 saturated carbocycles. The highest BCUT2D eigenvalue weighted by Gasteiger charge is 2.24. The summed E-state index contributed by atoms with van der Waals surface area (Å²) in [6.45, 7) is 3.16. The van der Waals surface area contributed by atoms with Crippen LogP contribution in [0.3, 0.4) is 0 Å². The largest absolute Gasteiger partial charge is 0.353 e. The van der Waals surface area contributed by atoms with Gasteiger partial charge in [0.05, 0.1) is 5.39 Å². The molecular weight excluding hydrogens is 258 g/mol. The van der Waals surface area contributed by atoms with Crippen molar-refractivity contribution in [1.82, 2.24) is 9.97 Å². The lowest BCUT2D eigenvalue weighted by molar-refractivity contribution is 0.615. The minimum Gasteiger partial charge on any atom is -0.353 e. The number of rotatable bonds is 4. The van der Waals surface area contributed by atoms with Crippen molar-refractivity contribution in [1.29, 1.82) is 0 Å². The highest BCUT2D eigenvalue weighted by atomic mass is 32.1. The van der Waals surface area contributed by atoms with E-state index in [1.165, 1.54) is 25.7 Å². The molecule has 0 radical (unpaired) electrons. The van der Waals surface area contributed by atoms with Crippen molar-refractivity contribution in [2.24, 2.45) is 5.84 Å². The van der Waals surface area contributed by atoms with Crippen LogP contribution in [0.25, 0.3) is 10.2 Å².